The Hall–Kier alpha value is -1.02. The van der Waals surface area contributed by atoms with E-state index in [2.05, 4.69) is 41.4 Å². The zero-order valence-corrected chi connectivity index (χ0v) is 11.4. The molecular formula is C16H24N2. The van der Waals surface area contributed by atoms with Gasteiger partial charge in [-0.15, -0.1) is 0 Å². The van der Waals surface area contributed by atoms with E-state index in [-0.39, 0.29) is 0 Å². The largest absolute Gasteiger partial charge is 0.371 e. The molecule has 1 aromatic rings. The van der Waals surface area contributed by atoms with Crippen molar-refractivity contribution in [2.24, 2.45) is 5.41 Å². The van der Waals surface area contributed by atoms with E-state index in [1.165, 1.54) is 57.5 Å². The Morgan fingerprint density at radius 2 is 2.22 bits per heavy atom. The quantitative estimate of drug-likeness (QED) is 0.879. The summed E-state index contributed by atoms with van der Waals surface area (Å²) in [5.41, 5.74) is 3.54. The van der Waals surface area contributed by atoms with Gasteiger partial charge in [0.2, 0.25) is 0 Å². The van der Waals surface area contributed by atoms with Gasteiger partial charge in [-0.05, 0) is 43.9 Å². The van der Waals surface area contributed by atoms with Gasteiger partial charge in [0, 0.05) is 30.7 Å². The van der Waals surface area contributed by atoms with Crippen molar-refractivity contribution in [2.75, 3.05) is 31.1 Å². The highest BCUT2D eigenvalue weighted by molar-refractivity contribution is 5.55. The minimum absolute atomic E-state index is 0.504. The van der Waals surface area contributed by atoms with Crippen LogP contribution in [0.5, 0.6) is 0 Å². The van der Waals surface area contributed by atoms with E-state index in [1.807, 2.05) is 0 Å². The van der Waals surface area contributed by atoms with Gasteiger partial charge >= 0.3 is 0 Å². The Balaban J connectivity index is 1.81. The van der Waals surface area contributed by atoms with Gasteiger partial charge in [0.05, 0.1) is 0 Å². The smallest absolute Gasteiger partial charge is 0.0398 e. The van der Waals surface area contributed by atoms with Crippen LogP contribution in [-0.4, -0.2) is 26.2 Å². The predicted molar refractivity (Wildman–Crippen MR) is 77.2 cm³/mol. The number of benzene rings is 1. The Morgan fingerprint density at radius 1 is 1.33 bits per heavy atom. The summed E-state index contributed by atoms with van der Waals surface area (Å²) >= 11 is 0. The van der Waals surface area contributed by atoms with Gasteiger partial charge in [-0.1, -0.05) is 25.1 Å². The molecule has 1 saturated heterocycles. The number of hydrogen-bond acceptors (Lipinski definition) is 2. The lowest BCUT2D eigenvalue weighted by atomic mass is 9.83. The van der Waals surface area contributed by atoms with Gasteiger partial charge in [0.1, 0.15) is 0 Å². The second-order valence-electron chi connectivity index (χ2n) is 5.93. The summed E-state index contributed by atoms with van der Waals surface area (Å²) in [6.07, 6.45) is 5.19. The Morgan fingerprint density at radius 3 is 3.00 bits per heavy atom. The molecule has 0 aliphatic carbocycles. The lowest BCUT2D eigenvalue weighted by Crippen LogP contribution is -2.41. The first-order valence-electron chi connectivity index (χ1n) is 7.37. The van der Waals surface area contributed by atoms with Crippen molar-refractivity contribution in [2.45, 2.75) is 32.6 Å². The van der Waals surface area contributed by atoms with Crippen LogP contribution in [0, 0.1) is 5.41 Å². The average Bonchev–Trinajstić information content (AvgIpc) is 2.88. The fourth-order valence-electron chi connectivity index (χ4n) is 3.52. The van der Waals surface area contributed by atoms with Gasteiger partial charge in [-0.3, -0.25) is 0 Å². The van der Waals surface area contributed by atoms with Crippen LogP contribution < -0.4 is 10.2 Å². The highest BCUT2D eigenvalue weighted by Gasteiger charge is 2.34. The summed E-state index contributed by atoms with van der Waals surface area (Å²) in [4.78, 5) is 2.63. The summed E-state index contributed by atoms with van der Waals surface area (Å²) in [6, 6.07) is 8.96. The van der Waals surface area contributed by atoms with Crippen molar-refractivity contribution in [1.82, 2.24) is 5.32 Å². The summed E-state index contributed by atoms with van der Waals surface area (Å²) in [6.45, 7) is 7.21. The SMILES string of the molecule is CCC1(CN2CCCc3ccccc32)CCNC1. The molecule has 2 heteroatoms. The molecule has 0 aromatic heterocycles. The van der Waals surface area contributed by atoms with Gasteiger partial charge in [0.25, 0.3) is 0 Å². The van der Waals surface area contributed by atoms with Crippen molar-refractivity contribution in [3.63, 3.8) is 0 Å². The number of anilines is 1. The monoisotopic (exact) mass is 244 g/mol. The number of aryl methyl sites for hydroxylation is 1. The molecule has 1 atom stereocenters. The highest BCUT2D eigenvalue weighted by atomic mass is 15.2. The normalized spacial score (nSPS) is 27.3. The lowest BCUT2D eigenvalue weighted by molar-refractivity contribution is 0.310. The molecule has 0 bridgehead atoms. The van der Waals surface area contributed by atoms with Crippen molar-refractivity contribution in [1.29, 1.82) is 0 Å². The zero-order chi connectivity index (χ0) is 12.4. The van der Waals surface area contributed by atoms with E-state index in [1.54, 1.807) is 5.56 Å². The van der Waals surface area contributed by atoms with Crippen LogP contribution >= 0.6 is 0 Å². The Kier molecular flexibility index (Phi) is 3.29. The lowest BCUT2D eigenvalue weighted by Gasteiger charge is -2.38. The maximum Gasteiger partial charge on any atom is 0.0398 e. The van der Waals surface area contributed by atoms with Crippen LogP contribution in [0.15, 0.2) is 24.3 Å². The van der Waals surface area contributed by atoms with Crippen LogP contribution in [0.2, 0.25) is 0 Å². The number of rotatable bonds is 3. The van der Waals surface area contributed by atoms with Crippen LogP contribution in [0.1, 0.15) is 31.7 Å². The number of nitrogens with zero attached hydrogens (tertiary/aromatic N) is 1. The number of hydrogen-bond donors (Lipinski definition) is 1. The first-order valence-corrected chi connectivity index (χ1v) is 7.37. The Labute approximate surface area is 110 Å². The van der Waals surface area contributed by atoms with E-state index in [0.29, 0.717) is 5.41 Å². The van der Waals surface area contributed by atoms with Crippen molar-refractivity contribution >= 4 is 5.69 Å². The van der Waals surface area contributed by atoms with Crippen molar-refractivity contribution < 1.29 is 0 Å². The standard InChI is InChI=1S/C16H24N2/c1-2-16(9-10-17-12-16)13-18-11-5-7-14-6-3-4-8-15(14)18/h3-4,6,8,17H,2,5,7,9-13H2,1H3. The summed E-state index contributed by atoms with van der Waals surface area (Å²) < 4.78 is 0. The van der Waals surface area contributed by atoms with Gasteiger partial charge < -0.3 is 10.2 Å². The second kappa shape index (κ2) is 4.93. The molecule has 0 radical (unpaired) electrons. The molecule has 98 valence electrons. The topological polar surface area (TPSA) is 15.3 Å². The molecule has 0 spiro atoms. The van der Waals surface area contributed by atoms with E-state index >= 15 is 0 Å². The molecule has 1 fully saturated rings. The van der Waals surface area contributed by atoms with Crippen LogP contribution in [0.4, 0.5) is 5.69 Å². The number of nitrogens with one attached hydrogen (secondary N) is 1. The maximum atomic E-state index is 3.55. The summed E-state index contributed by atoms with van der Waals surface area (Å²) in [5, 5.41) is 3.55. The zero-order valence-electron chi connectivity index (χ0n) is 11.4. The third-order valence-corrected chi connectivity index (χ3v) is 4.81. The minimum atomic E-state index is 0.504. The molecule has 1 unspecified atom stereocenters. The first kappa shape index (κ1) is 12.0. The van der Waals surface area contributed by atoms with Crippen LogP contribution in [0.25, 0.3) is 0 Å². The molecule has 2 aliphatic rings. The third-order valence-electron chi connectivity index (χ3n) is 4.81. The third kappa shape index (κ3) is 2.14. The number of fused-ring (bicyclic) bond motifs is 1. The first-order chi connectivity index (χ1) is 8.83. The fraction of sp³-hybridized carbons (Fsp3) is 0.625. The van der Waals surface area contributed by atoms with Crippen LogP contribution in [-0.2, 0) is 6.42 Å². The molecule has 18 heavy (non-hydrogen) atoms. The predicted octanol–water partition coefficient (Wildman–Crippen LogP) is 2.83. The van der Waals surface area contributed by atoms with E-state index in [4.69, 9.17) is 0 Å². The van der Waals surface area contributed by atoms with Gasteiger partial charge in [0.15, 0.2) is 0 Å². The maximum absolute atomic E-state index is 3.55. The Bertz CT molecular complexity index is 407. The second-order valence-corrected chi connectivity index (χ2v) is 5.93. The molecular weight excluding hydrogens is 220 g/mol. The van der Waals surface area contributed by atoms with E-state index < -0.39 is 0 Å². The molecule has 2 heterocycles. The summed E-state index contributed by atoms with van der Waals surface area (Å²) in [5.74, 6) is 0. The molecule has 3 rings (SSSR count). The summed E-state index contributed by atoms with van der Waals surface area (Å²) in [7, 11) is 0. The molecule has 2 aliphatic heterocycles. The van der Waals surface area contributed by atoms with Crippen LogP contribution in [0.3, 0.4) is 0 Å². The highest BCUT2D eigenvalue weighted by Crippen LogP contribution is 2.35. The molecule has 1 aromatic carbocycles. The van der Waals surface area contributed by atoms with Crippen molar-refractivity contribution in [3.05, 3.63) is 29.8 Å². The van der Waals surface area contributed by atoms with E-state index in [9.17, 15) is 0 Å². The molecule has 1 N–H and O–H groups in total. The molecule has 0 saturated carbocycles. The molecule has 2 nitrogen and oxygen atoms in total. The minimum Gasteiger partial charge on any atom is -0.371 e. The van der Waals surface area contributed by atoms with Gasteiger partial charge in [-0.2, -0.15) is 0 Å². The molecule has 0 amide bonds. The fourth-order valence-corrected chi connectivity index (χ4v) is 3.52. The van der Waals surface area contributed by atoms with Gasteiger partial charge in [-0.25, -0.2) is 0 Å². The van der Waals surface area contributed by atoms with E-state index in [0.717, 1.165) is 0 Å². The average molecular weight is 244 g/mol. The number of para-hydroxylation sites is 1. The van der Waals surface area contributed by atoms with Crippen molar-refractivity contribution in [3.8, 4) is 0 Å².